The normalized spacial score (nSPS) is 10.5. The number of rotatable bonds is 8. The maximum absolute atomic E-state index is 11.8. The molecule has 24 heavy (non-hydrogen) atoms. The number of amides is 1. The third-order valence-electron chi connectivity index (χ3n) is 3.41. The van der Waals surface area contributed by atoms with Gasteiger partial charge in [0.1, 0.15) is 0 Å². The fraction of sp³-hybridized carbons (Fsp3) is 0.235. The lowest BCUT2D eigenvalue weighted by molar-refractivity contribution is -0.123. The molecule has 0 radical (unpaired) electrons. The van der Waals surface area contributed by atoms with Crippen LogP contribution in [0.1, 0.15) is 6.42 Å². The lowest BCUT2D eigenvalue weighted by atomic mass is 10.3. The number of hydrogen-bond acceptors (Lipinski definition) is 4. The first-order chi connectivity index (χ1) is 11.8. The third kappa shape index (κ3) is 4.45. The van der Waals surface area contributed by atoms with E-state index in [1.165, 1.54) is 0 Å². The Balaban J connectivity index is 1.38. The van der Waals surface area contributed by atoms with Crippen molar-refractivity contribution in [1.82, 2.24) is 24.6 Å². The zero-order chi connectivity index (χ0) is 16.6. The number of carbonyl (C=O) groups excluding carboxylic acids is 1. The van der Waals surface area contributed by atoms with Crippen molar-refractivity contribution in [2.45, 2.75) is 13.0 Å². The number of benzene rings is 1. The van der Waals surface area contributed by atoms with E-state index in [4.69, 9.17) is 4.74 Å². The van der Waals surface area contributed by atoms with E-state index in [1.807, 2.05) is 41.1 Å². The van der Waals surface area contributed by atoms with Crippen LogP contribution in [0.4, 0.5) is 0 Å². The van der Waals surface area contributed by atoms with Gasteiger partial charge in [-0.25, -0.2) is 9.67 Å². The summed E-state index contributed by atoms with van der Waals surface area (Å²) in [5.41, 5.74) is 0.941. The van der Waals surface area contributed by atoms with Crippen molar-refractivity contribution in [3.05, 3.63) is 61.3 Å². The van der Waals surface area contributed by atoms with Crippen LogP contribution in [0.15, 0.2) is 61.3 Å². The van der Waals surface area contributed by atoms with Crippen LogP contribution in [-0.4, -0.2) is 38.4 Å². The molecule has 0 atom stereocenters. The Labute approximate surface area is 139 Å². The smallest absolute Gasteiger partial charge is 0.258 e. The molecule has 3 rings (SSSR count). The van der Waals surface area contributed by atoms with Crippen LogP contribution in [0, 0.1) is 0 Å². The first-order valence-electron chi connectivity index (χ1n) is 7.77. The highest BCUT2D eigenvalue weighted by Crippen LogP contribution is 2.11. The summed E-state index contributed by atoms with van der Waals surface area (Å²) in [6.45, 7) is 1.37. The number of para-hydroxylation sites is 1. The highest BCUT2D eigenvalue weighted by Gasteiger charge is 2.05. The van der Waals surface area contributed by atoms with Crippen LogP contribution in [-0.2, 0) is 11.3 Å². The fourth-order valence-corrected chi connectivity index (χ4v) is 2.21. The number of ether oxygens (including phenoxy) is 1. The first kappa shape index (κ1) is 15.8. The van der Waals surface area contributed by atoms with E-state index < -0.39 is 0 Å². The van der Waals surface area contributed by atoms with E-state index in [0.29, 0.717) is 12.4 Å². The molecule has 3 aromatic rings. The summed E-state index contributed by atoms with van der Waals surface area (Å²) < 4.78 is 9.09. The molecular formula is C17H19N5O2. The third-order valence-corrected chi connectivity index (χ3v) is 3.41. The highest BCUT2D eigenvalue weighted by atomic mass is 16.5. The molecule has 0 unspecified atom stereocenters. The molecule has 0 fully saturated rings. The Bertz CT molecular complexity index is 752. The van der Waals surface area contributed by atoms with Crippen molar-refractivity contribution in [1.29, 1.82) is 0 Å². The number of aryl methyl sites for hydroxylation is 1. The van der Waals surface area contributed by atoms with Crippen molar-refractivity contribution in [3.8, 4) is 11.6 Å². The number of nitrogens with zero attached hydrogens (tertiary/aromatic N) is 4. The lowest BCUT2D eigenvalue weighted by Gasteiger charge is -2.06. The first-order valence-corrected chi connectivity index (χ1v) is 7.77. The van der Waals surface area contributed by atoms with Gasteiger partial charge < -0.3 is 14.6 Å². The van der Waals surface area contributed by atoms with Gasteiger partial charge in [-0.1, -0.05) is 18.2 Å². The van der Waals surface area contributed by atoms with Crippen LogP contribution in [0.25, 0.3) is 5.69 Å². The summed E-state index contributed by atoms with van der Waals surface area (Å²) in [5.74, 6) is 0.266. The fourth-order valence-electron chi connectivity index (χ4n) is 2.21. The molecule has 7 nitrogen and oxygen atoms in total. The van der Waals surface area contributed by atoms with Gasteiger partial charge in [-0.05, 0) is 18.6 Å². The minimum Gasteiger partial charge on any atom is -0.466 e. The SMILES string of the molecule is O=C(COc1ccn(-c2ccccc2)n1)NCCCn1ccnc1. The van der Waals surface area contributed by atoms with Gasteiger partial charge in [0.15, 0.2) is 6.61 Å². The minimum atomic E-state index is -0.158. The molecule has 1 N–H and O–H groups in total. The van der Waals surface area contributed by atoms with Crippen molar-refractivity contribution in [2.75, 3.05) is 13.2 Å². The molecule has 1 aromatic carbocycles. The zero-order valence-corrected chi connectivity index (χ0v) is 13.2. The van der Waals surface area contributed by atoms with E-state index in [-0.39, 0.29) is 12.5 Å². The Hall–Kier alpha value is -3.09. The molecule has 0 aliphatic carbocycles. The Morgan fingerprint density at radius 2 is 2.04 bits per heavy atom. The van der Waals surface area contributed by atoms with Crippen molar-refractivity contribution < 1.29 is 9.53 Å². The van der Waals surface area contributed by atoms with Crippen LogP contribution < -0.4 is 10.1 Å². The summed E-state index contributed by atoms with van der Waals surface area (Å²) in [4.78, 5) is 15.7. The summed E-state index contributed by atoms with van der Waals surface area (Å²) >= 11 is 0. The molecule has 1 amide bonds. The molecule has 0 saturated carbocycles. The molecule has 0 bridgehead atoms. The number of nitrogens with one attached hydrogen (secondary N) is 1. The second-order valence-electron chi connectivity index (χ2n) is 5.23. The van der Waals surface area contributed by atoms with Gasteiger partial charge in [-0.15, -0.1) is 5.10 Å². The molecule has 2 aromatic heterocycles. The van der Waals surface area contributed by atoms with Crippen molar-refractivity contribution in [3.63, 3.8) is 0 Å². The summed E-state index contributed by atoms with van der Waals surface area (Å²) in [6, 6.07) is 11.5. The van der Waals surface area contributed by atoms with E-state index in [2.05, 4.69) is 15.4 Å². The Morgan fingerprint density at radius 3 is 2.83 bits per heavy atom. The minimum absolute atomic E-state index is 0.0448. The summed E-state index contributed by atoms with van der Waals surface area (Å²) in [7, 11) is 0. The van der Waals surface area contributed by atoms with Gasteiger partial charge in [-0.2, -0.15) is 0 Å². The monoisotopic (exact) mass is 325 g/mol. The van der Waals surface area contributed by atoms with E-state index in [0.717, 1.165) is 18.7 Å². The number of hydrogen-bond donors (Lipinski definition) is 1. The molecule has 0 aliphatic heterocycles. The van der Waals surface area contributed by atoms with Crippen LogP contribution in [0.5, 0.6) is 5.88 Å². The standard InChI is InChI=1S/C17H19N5O2/c23-16(19-8-4-10-21-12-9-18-14-21)13-24-17-7-11-22(20-17)15-5-2-1-3-6-15/h1-3,5-7,9,11-12,14H,4,8,10,13H2,(H,19,23). The topological polar surface area (TPSA) is 74.0 Å². The van der Waals surface area contributed by atoms with Crippen LogP contribution in [0.2, 0.25) is 0 Å². The molecule has 0 aliphatic rings. The quantitative estimate of drug-likeness (QED) is 0.639. The Morgan fingerprint density at radius 1 is 1.17 bits per heavy atom. The van der Waals surface area contributed by atoms with E-state index in [1.54, 1.807) is 29.5 Å². The zero-order valence-electron chi connectivity index (χ0n) is 13.2. The van der Waals surface area contributed by atoms with Crippen LogP contribution >= 0.6 is 0 Å². The summed E-state index contributed by atoms with van der Waals surface area (Å²) in [5, 5.41) is 7.11. The molecular weight excluding hydrogens is 306 g/mol. The predicted octanol–water partition coefficient (Wildman–Crippen LogP) is 1.65. The second-order valence-corrected chi connectivity index (χ2v) is 5.23. The largest absolute Gasteiger partial charge is 0.466 e. The van der Waals surface area contributed by atoms with E-state index >= 15 is 0 Å². The average molecular weight is 325 g/mol. The van der Waals surface area contributed by atoms with E-state index in [9.17, 15) is 4.79 Å². The maximum atomic E-state index is 11.8. The highest BCUT2D eigenvalue weighted by molar-refractivity contribution is 5.77. The van der Waals surface area contributed by atoms with Gasteiger partial charge >= 0.3 is 0 Å². The summed E-state index contributed by atoms with van der Waals surface area (Å²) in [6.07, 6.45) is 8.03. The van der Waals surface area contributed by atoms with Crippen molar-refractivity contribution in [2.24, 2.45) is 0 Å². The van der Waals surface area contributed by atoms with Gasteiger partial charge in [0.05, 0.1) is 12.0 Å². The number of aromatic nitrogens is 4. The maximum Gasteiger partial charge on any atom is 0.258 e. The number of imidazole rings is 1. The van der Waals surface area contributed by atoms with Gasteiger partial charge in [0.2, 0.25) is 5.88 Å². The average Bonchev–Trinajstić information content (AvgIpc) is 3.29. The lowest BCUT2D eigenvalue weighted by Crippen LogP contribution is -2.30. The van der Waals surface area contributed by atoms with Crippen LogP contribution in [0.3, 0.4) is 0 Å². The Kier molecular flexibility index (Phi) is 5.24. The van der Waals surface area contributed by atoms with Gasteiger partial charge in [0, 0.05) is 37.7 Å². The molecule has 0 spiro atoms. The van der Waals surface area contributed by atoms with Gasteiger partial charge in [0.25, 0.3) is 5.91 Å². The molecule has 124 valence electrons. The molecule has 7 heteroatoms. The number of carbonyl (C=O) groups is 1. The second kappa shape index (κ2) is 7.96. The molecule has 0 saturated heterocycles. The predicted molar refractivity (Wildman–Crippen MR) is 88.9 cm³/mol. The molecule has 2 heterocycles. The van der Waals surface area contributed by atoms with Crippen molar-refractivity contribution >= 4 is 5.91 Å². The van der Waals surface area contributed by atoms with Gasteiger partial charge in [-0.3, -0.25) is 4.79 Å².